The van der Waals surface area contributed by atoms with E-state index in [2.05, 4.69) is 16.0 Å². The molecule has 0 spiro atoms. The van der Waals surface area contributed by atoms with Crippen molar-refractivity contribution >= 4 is 22.3 Å². The van der Waals surface area contributed by atoms with Crippen LogP contribution in [0.5, 0.6) is 5.75 Å². The first-order valence-corrected chi connectivity index (χ1v) is 8.83. The summed E-state index contributed by atoms with van der Waals surface area (Å²) in [5.41, 5.74) is 2.77. The van der Waals surface area contributed by atoms with E-state index < -0.39 is 0 Å². The normalized spacial score (nSPS) is 14.3. The van der Waals surface area contributed by atoms with E-state index in [4.69, 9.17) is 4.74 Å². The molecule has 0 amide bonds. The Hall–Kier alpha value is -3.33. The number of piperazine rings is 1. The molecule has 0 unspecified atom stereocenters. The smallest absolute Gasteiger partial charge is 0.146 e. The van der Waals surface area contributed by atoms with E-state index in [1.165, 1.54) is 6.07 Å². The number of nitrogens with zero attached hydrogens (tertiary/aromatic N) is 4. The second-order valence-electron chi connectivity index (χ2n) is 6.41. The second-order valence-corrected chi connectivity index (χ2v) is 6.41. The summed E-state index contributed by atoms with van der Waals surface area (Å²) in [5.74, 6) is 0.478. The van der Waals surface area contributed by atoms with E-state index in [0.29, 0.717) is 43.2 Å². The number of aromatic nitrogens is 1. The van der Waals surface area contributed by atoms with Crippen molar-refractivity contribution in [3.8, 4) is 11.8 Å². The maximum Gasteiger partial charge on any atom is 0.146 e. The summed E-state index contributed by atoms with van der Waals surface area (Å²) < 4.78 is 19.5. The van der Waals surface area contributed by atoms with Crippen molar-refractivity contribution in [1.29, 1.82) is 5.26 Å². The van der Waals surface area contributed by atoms with E-state index in [9.17, 15) is 9.65 Å². The lowest BCUT2D eigenvalue weighted by molar-refractivity contribution is 0.419. The van der Waals surface area contributed by atoms with Crippen molar-refractivity contribution in [2.75, 3.05) is 43.1 Å². The second kappa shape index (κ2) is 7.12. The van der Waals surface area contributed by atoms with Gasteiger partial charge in [-0.25, -0.2) is 4.39 Å². The van der Waals surface area contributed by atoms with Crippen LogP contribution >= 0.6 is 0 Å². The highest BCUT2D eigenvalue weighted by molar-refractivity contribution is 5.97. The number of methoxy groups -OCH3 is 1. The Balaban J connectivity index is 1.68. The standard InChI is InChI=1S/C21H19FN4O/c1-27-19-8-4-5-16-20(19)24-14-15(13-23)21(16)26-11-9-25(10-12-26)18-7-3-2-6-17(18)22/h2-8,14H,9-12H2,1H3. The highest BCUT2D eigenvalue weighted by Gasteiger charge is 2.23. The van der Waals surface area contributed by atoms with Crippen LogP contribution in [0.2, 0.25) is 0 Å². The summed E-state index contributed by atoms with van der Waals surface area (Å²) >= 11 is 0. The first-order valence-electron chi connectivity index (χ1n) is 8.83. The number of hydrogen-bond acceptors (Lipinski definition) is 5. The summed E-state index contributed by atoms with van der Waals surface area (Å²) in [6.45, 7) is 2.75. The molecular weight excluding hydrogens is 343 g/mol. The van der Waals surface area contributed by atoms with Gasteiger partial charge >= 0.3 is 0 Å². The van der Waals surface area contributed by atoms with Gasteiger partial charge in [0.1, 0.15) is 23.2 Å². The van der Waals surface area contributed by atoms with Crippen LogP contribution in [0.15, 0.2) is 48.7 Å². The van der Waals surface area contributed by atoms with Gasteiger partial charge in [-0.3, -0.25) is 4.98 Å². The minimum Gasteiger partial charge on any atom is -0.494 e. The summed E-state index contributed by atoms with van der Waals surface area (Å²) in [6.07, 6.45) is 1.60. The number of para-hydroxylation sites is 2. The van der Waals surface area contributed by atoms with Gasteiger partial charge < -0.3 is 14.5 Å². The predicted molar refractivity (Wildman–Crippen MR) is 104 cm³/mol. The van der Waals surface area contributed by atoms with Crippen molar-refractivity contribution in [3.63, 3.8) is 0 Å². The lowest BCUT2D eigenvalue weighted by Gasteiger charge is -2.38. The molecule has 1 fully saturated rings. The number of benzene rings is 2. The zero-order valence-electron chi connectivity index (χ0n) is 15.0. The highest BCUT2D eigenvalue weighted by Crippen LogP contribution is 2.34. The van der Waals surface area contributed by atoms with Gasteiger partial charge in [0, 0.05) is 37.8 Å². The molecule has 6 heteroatoms. The van der Waals surface area contributed by atoms with Crippen LogP contribution in [0, 0.1) is 17.1 Å². The van der Waals surface area contributed by atoms with Gasteiger partial charge in [-0.1, -0.05) is 24.3 Å². The van der Waals surface area contributed by atoms with Crippen LogP contribution in [0.4, 0.5) is 15.8 Å². The molecule has 1 saturated heterocycles. The molecule has 0 N–H and O–H groups in total. The van der Waals surface area contributed by atoms with Crippen molar-refractivity contribution in [1.82, 2.24) is 4.98 Å². The summed E-state index contributed by atoms with van der Waals surface area (Å²) in [5, 5.41) is 10.5. The molecule has 1 aliphatic heterocycles. The Labute approximate surface area is 157 Å². The van der Waals surface area contributed by atoms with Crippen molar-refractivity contribution in [3.05, 3.63) is 60.0 Å². The van der Waals surface area contributed by atoms with E-state index in [-0.39, 0.29) is 5.82 Å². The Kier molecular flexibility index (Phi) is 4.51. The number of halogens is 1. The molecule has 4 rings (SSSR count). The third-order valence-corrected chi connectivity index (χ3v) is 4.96. The van der Waals surface area contributed by atoms with Gasteiger partial charge in [-0.15, -0.1) is 0 Å². The number of pyridine rings is 1. The molecule has 0 bridgehead atoms. The Morgan fingerprint density at radius 3 is 2.48 bits per heavy atom. The molecule has 2 heterocycles. The molecule has 1 aromatic heterocycles. The number of ether oxygens (including phenoxy) is 1. The van der Waals surface area contributed by atoms with E-state index in [1.807, 2.05) is 29.2 Å². The van der Waals surface area contributed by atoms with Crippen LogP contribution in [-0.2, 0) is 0 Å². The number of rotatable bonds is 3. The van der Waals surface area contributed by atoms with E-state index >= 15 is 0 Å². The van der Waals surface area contributed by atoms with Crippen LogP contribution < -0.4 is 14.5 Å². The fourth-order valence-electron chi connectivity index (χ4n) is 3.65. The number of anilines is 2. The maximum atomic E-state index is 14.1. The molecule has 0 saturated carbocycles. The van der Waals surface area contributed by atoms with E-state index in [1.54, 1.807) is 25.4 Å². The molecule has 5 nitrogen and oxygen atoms in total. The first-order chi connectivity index (χ1) is 13.2. The Morgan fingerprint density at radius 2 is 1.78 bits per heavy atom. The molecule has 0 radical (unpaired) electrons. The third-order valence-electron chi connectivity index (χ3n) is 4.96. The monoisotopic (exact) mass is 362 g/mol. The molecule has 0 atom stereocenters. The maximum absolute atomic E-state index is 14.1. The van der Waals surface area contributed by atoms with Gasteiger partial charge in [-0.05, 0) is 18.2 Å². The van der Waals surface area contributed by atoms with Crippen molar-refractivity contribution < 1.29 is 9.13 Å². The molecule has 27 heavy (non-hydrogen) atoms. The zero-order valence-corrected chi connectivity index (χ0v) is 15.0. The summed E-state index contributed by atoms with van der Waals surface area (Å²) in [4.78, 5) is 8.64. The minimum atomic E-state index is -0.206. The van der Waals surface area contributed by atoms with Crippen LogP contribution in [0.3, 0.4) is 0 Å². The number of hydrogen-bond donors (Lipinski definition) is 0. The fraction of sp³-hybridized carbons (Fsp3) is 0.238. The van der Waals surface area contributed by atoms with Gasteiger partial charge in [0.25, 0.3) is 0 Å². The lowest BCUT2D eigenvalue weighted by atomic mass is 10.1. The van der Waals surface area contributed by atoms with Gasteiger partial charge in [-0.2, -0.15) is 5.26 Å². The van der Waals surface area contributed by atoms with E-state index in [0.717, 1.165) is 16.6 Å². The Bertz CT molecular complexity index is 1020. The zero-order chi connectivity index (χ0) is 18.8. The average Bonchev–Trinajstić information content (AvgIpc) is 2.73. The molecule has 0 aliphatic carbocycles. The van der Waals surface area contributed by atoms with Gasteiger partial charge in [0.2, 0.25) is 0 Å². The molecular formula is C21H19FN4O. The topological polar surface area (TPSA) is 52.4 Å². The predicted octanol–water partition coefficient (Wildman–Crippen LogP) is 3.58. The molecule has 136 valence electrons. The number of nitriles is 1. The van der Waals surface area contributed by atoms with Gasteiger partial charge in [0.05, 0.1) is 24.0 Å². The molecule has 3 aromatic rings. The quantitative estimate of drug-likeness (QED) is 0.713. The first kappa shape index (κ1) is 17.1. The molecule has 1 aliphatic rings. The SMILES string of the molecule is COc1cccc2c(N3CCN(c4ccccc4F)CC3)c(C#N)cnc12. The van der Waals surface area contributed by atoms with Gasteiger partial charge in [0.15, 0.2) is 0 Å². The molecule has 2 aromatic carbocycles. The van der Waals surface area contributed by atoms with Crippen molar-refractivity contribution in [2.45, 2.75) is 0 Å². The van der Waals surface area contributed by atoms with Crippen LogP contribution in [-0.4, -0.2) is 38.3 Å². The average molecular weight is 362 g/mol. The largest absolute Gasteiger partial charge is 0.494 e. The lowest BCUT2D eigenvalue weighted by Crippen LogP contribution is -2.47. The minimum absolute atomic E-state index is 0.206. The van der Waals surface area contributed by atoms with Crippen LogP contribution in [0.1, 0.15) is 5.56 Å². The van der Waals surface area contributed by atoms with Crippen LogP contribution in [0.25, 0.3) is 10.9 Å². The summed E-state index contributed by atoms with van der Waals surface area (Å²) in [6, 6.07) is 14.8. The van der Waals surface area contributed by atoms with Crippen molar-refractivity contribution in [2.24, 2.45) is 0 Å². The number of fused-ring (bicyclic) bond motifs is 1. The fourth-order valence-corrected chi connectivity index (χ4v) is 3.65. The summed E-state index contributed by atoms with van der Waals surface area (Å²) in [7, 11) is 1.61. The Morgan fingerprint density at radius 1 is 1.04 bits per heavy atom. The third kappa shape index (κ3) is 3.02. The highest BCUT2D eigenvalue weighted by atomic mass is 19.1.